The van der Waals surface area contributed by atoms with E-state index in [1.807, 2.05) is 0 Å². The first-order chi connectivity index (χ1) is 6.20. The third-order valence-electron chi connectivity index (χ3n) is 2.99. The minimum Gasteiger partial charge on any atom is -0.508 e. The number of fused-ring (bicyclic) bond motifs is 1. The highest BCUT2D eigenvalue weighted by atomic mass is 16.3. The maximum absolute atomic E-state index is 9.70. The second kappa shape index (κ2) is 3.02. The molecule has 0 unspecified atom stereocenters. The molecule has 0 saturated heterocycles. The van der Waals surface area contributed by atoms with E-state index in [1.165, 1.54) is 6.42 Å². The molecule has 0 bridgehead atoms. The Balaban J connectivity index is 2.56. The molecule has 0 radical (unpaired) electrons. The zero-order valence-corrected chi connectivity index (χ0v) is 8.12. The lowest BCUT2D eigenvalue weighted by atomic mass is 9.81. The first-order valence-corrected chi connectivity index (χ1v) is 4.88. The molecule has 0 saturated carbocycles. The van der Waals surface area contributed by atoms with Crippen LogP contribution in [0.2, 0.25) is 0 Å². The van der Waals surface area contributed by atoms with Gasteiger partial charge in [0.25, 0.3) is 0 Å². The van der Waals surface area contributed by atoms with Crippen molar-refractivity contribution >= 4 is 0 Å². The van der Waals surface area contributed by atoms with Crippen LogP contribution in [0, 0.1) is 0 Å². The van der Waals surface area contributed by atoms with Crippen molar-refractivity contribution in [1.82, 2.24) is 4.98 Å². The quantitative estimate of drug-likeness (QED) is 0.661. The first kappa shape index (κ1) is 8.54. The summed E-state index contributed by atoms with van der Waals surface area (Å²) < 4.78 is 0. The maximum Gasteiger partial charge on any atom is 0.122 e. The van der Waals surface area contributed by atoms with E-state index in [4.69, 9.17) is 0 Å². The zero-order valence-electron chi connectivity index (χ0n) is 8.12. The number of rotatable bonds is 0. The van der Waals surface area contributed by atoms with Crippen LogP contribution in [0.5, 0.6) is 5.75 Å². The lowest BCUT2D eigenvalue weighted by Gasteiger charge is -2.26. The van der Waals surface area contributed by atoms with E-state index in [9.17, 15) is 5.11 Å². The molecule has 0 amide bonds. The van der Waals surface area contributed by atoms with Gasteiger partial charge in [0.15, 0.2) is 0 Å². The van der Waals surface area contributed by atoms with Crippen molar-refractivity contribution in [3.8, 4) is 5.75 Å². The van der Waals surface area contributed by atoms with Crippen molar-refractivity contribution in [1.29, 1.82) is 0 Å². The lowest BCUT2D eigenvalue weighted by Crippen LogP contribution is -2.12. The molecule has 1 aromatic heterocycles. The molecule has 1 aromatic rings. The summed E-state index contributed by atoms with van der Waals surface area (Å²) in [6.07, 6.45) is 4.04. The normalized spacial score (nSPS) is 26.9. The summed E-state index contributed by atoms with van der Waals surface area (Å²) in [5.74, 6) is 1.38. The van der Waals surface area contributed by atoms with Gasteiger partial charge in [-0.1, -0.05) is 13.8 Å². The molecule has 0 spiro atoms. The van der Waals surface area contributed by atoms with Crippen LogP contribution in [0.15, 0.2) is 12.3 Å². The Hall–Kier alpha value is -1.05. The van der Waals surface area contributed by atoms with Gasteiger partial charge in [-0.3, -0.25) is 4.98 Å². The summed E-state index contributed by atoms with van der Waals surface area (Å²) in [5.41, 5.74) is 2.17. The Morgan fingerprint density at radius 3 is 2.69 bits per heavy atom. The largest absolute Gasteiger partial charge is 0.508 e. The van der Waals surface area contributed by atoms with Crippen molar-refractivity contribution < 1.29 is 5.11 Å². The fraction of sp³-hybridized carbons (Fsp3) is 0.545. The standard InChI is InChI=1S/C11H15NO/c1-7-3-4-8(2)11-10(7)9(13)5-6-12-11/h5-8H,3-4H2,1-2H3,(H,12,13)/t7-,8-/m0/s1. The summed E-state index contributed by atoms with van der Waals surface area (Å²) in [7, 11) is 0. The average Bonchev–Trinajstić information content (AvgIpc) is 2.12. The molecule has 0 fully saturated rings. The molecule has 70 valence electrons. The second-order valence-electron chi connectivity index (χ2n) is 4.01. The van der Waals surface area contributed by atoms with Crippen molar-refractivity contribution in [2.24, 2.45) is 0 Å². The molecule has 1 N–H and O–H groups in total. The Kier molecular flexibility index (Phi) is 1.98. The summed E-state index contributed by atoms with van der Waals surface area (Å²) in [6, 6.07) is 1.69. The van der Waals surface area contributed by atoms with E-state index in [2.05, 4.69) is 18.8 Å². The fourth-order valence-electron chi connectivity index (χ4n) is 2.16. The van der Waals surface area contributed by atoms with Crippen LogP contribution in [0.3, 0.4) is 0 Å². The van der Waals surface area contributed by atoms with E-state index in [-0.39, 0.29) is 0 Å². The molecule has 1 aliphatic carbocycles. The summed E-state index contributed by atoms with van der Waals surface area (Å²) in [4.78, 5) is 4.35. The van der Waals surface area contributed by atoms with Crippen LogP contribution in [0.4, 0.5) is 0 Å². The van der Waals surface area contributed by atoms with Gasteiger partial charge in [-0.25, -0.2) is 0 Å². The molecule has 0 aliphatic heterocycles. The Morgan fingerprint density at radius 2 is 2.00 bits per heavy atom. The van der Waals surface area contributed by atoms with Gasteiger partial charge in [-0.15, -0.1) is 0 Å². The van der Waals surface area contributed by atoms with Gasteiger partial charge in [0.2, 0.25) is 0 Å². The molecule has 2 nitrogen and oxygen atoms in total. The SMILES string of the molecule is C[C@H]1CC[C@H](C)c2c(O)ccnc21. The van der Waals surface area contributed by atoms with Crippen molar-refractivity contribution in [3.05, 3.63) is 23.5 Å². The van der Waals surface area contributed by atoms with Gasteiger partial charge in [0.05, 0.1) is 5.69 Å². The Labute approximate surface area is 78.6 Å². The van der Waals surface area contributed by atoms with E-state index in [1.54, 1.807) is 12.3 Å². The lowest BCUT2D eigenvalue weighted by molar-refractivity contribution is 0.436. The monoisotopic (exact) mass is 177 g/mol. The number of hydrogen-bond acceptors (Lipinski definition) is 2. The van der Waals surface area contributed by atoms with Crippen molar-refractivity contribution in [3.63, 3.8) is 0 Å². The molecule has 2 rings (SSSR count). The molecule has 1 heterocycles. The summed E-state index contributed by atoms with van der Waals surface area (Å²) in [5, 5.41) is 9.70. The van der Waals surface area contributed by atoms with Gasteiger partial charge in [-0.05, 0) is 30.7 Å². The molecular formula is C11H15NO. The maximum atomic E-state index is 9.70. The third-order valence-corrected chi connectivity index (χ3v) is 2.99. The van der Waals surface area contributed by atoms with E-state index >= 15 is 0 Å². The predicted octanol–water partition coefficient (Wildman–Crippen LogP) is 2.79. The van der Waals surface area contributed by atoms with Gasteiger partial charge >= 0.3 is 0 Å². The van der Waals surface area contributed by atoms with Gasteiger partial charge in [-0.2, -0.15) is 0 Å². The van der Waals surface area contributed by atoms with Crippen molar-refractivity contribution in [2.45, 2.75) is 38.5 Å². The van der Waals surface area contributed by atoms with Gasteiger partial charge < -0.3 is 5.11 Å². The topological polar surface area (TPSA) is 33.1 Å². The number of aromatic nitrogens is 1. The van der Waals surface area contributed by atoms with Crippen LogP contribution in [0.1, 0.15) is 49.8 Å². The molecule has 13 heavy (non-hydrogen) atoms. The zero-order chi connectivity index (χ0) is 9.42. The number of aromatic hydroxyl groups is 1. The van der Waals surface area contributed by atoms with E-state index in [0.29, 0.717) is 17.6 Å². The van der Waals surface area contributed by atoms with E-state index in [0.717, 1.165) is 17.7 Å². The summed E-state index contributed by atoms with van der Waals surface area (Å²) in [6.45, 7) is 4.34. The number of pyridine rings is 1. The van der Waals surface area contributed by atoms with Crippen LogP contribution in [-0.4, -0.2) is 10.1 Å². The summed E-state index contributed by atoms with van der Waals surface area (Å²) >= 11 is 0. The van der Waals surface area contributed by atoms with Crippen LogP contribution in [0.25, 0.3) is 0 Å². The van der Waals surface area contributed by atoms with Gasteiger partial charge in [0, 0.05) is 11.8 Å². The number of nitrogens with zero attached hydrogens (tertiary/aromatic N) is 1. The molecule has 0 aromatic carbocycles. The fourth-order valence-corrected chi connectivity index (χ4v) is 2.16. The predicted molar refractivity (Wildman–Crippen MR) is 52.0 cm³/mol. The third kappa shape index (κ3) is 1.30. The van der Waals surface area contributed by atoms with Gasteiger partial charge in [0.1, 0.15) is 5.75 Å². The molecule has 1 aliphatic rings. The first-order valence-electron chi connectivity index (χ1n) is 4.88. The minimum absolute atomic E-state index is 0.420. The molecule has 2 heteroatoms. The Bertz CT molecular complexity index is 322. The Morgan fingerprint density at radius 1 is 1.31 bits per heavy atom. The second-order valence-corrected chi connectivity index (χ2v) is 4.01. The van der Waals surface area contributed by atoms with E-state index < -0.39 is 0 Å². The smallest absolute Gasteiger partial charge is 0.122 e. The number of hydrogen-bond donors (Lipinski definition) is 1. The minimum atomic E-state index is 0.420. The highest BCUT2D eigenvalue weighted by molar-refractivity contribution is 5.40. The highest BCUT2D eigenvalue weighted by Crippen LogP contribution is 2.40. The van der Waals surface area contributed by atoms with Crippen LogP contribution in [-0.2, 0) is 0 Å². The highest BCUT2D eigenvalue weighted by Gasteiger charge is 2.25. The molecular weight excluding hydrogens is 162 g/mol. The average molecular weight is 177 g/mol. The van der Waals surface area contributed by atoms with Crippen LogP contribution >= 0.6 is 0 Å². The molecule has 2 atom stereocenters. The van der Waals surface area contributed by atoms with Crippen LogP contribution < -0.4 is 0 Å². The van der Waals surface area contributed by atoms with Crippen molar-refractivity contribution in [2.75, 3.05) is 0 Å².